The van der Waals surface area contributed by atoms with Crippen LogP contribution in [-0.2, 0) is 14.3 Å². The molecule has 0 aliphatic carbocycles. The zero-order valence-electron chi connectivity index (χ0n) is 51.1. The van der Waals surface area contributed by atoms with Crippen molar-refractivity contribution >= 4 is 11.9 Å². The fraction of sp³-hybridized carbons (Fsp3) is 0.942. The van der Waals surface area contributed by atoms with E-state index >= 15 is 0 Å². The number of hydrogen-bond acceptors (Lipinski definition) is 5. The molecule has 0 aromatic carbocycles. The van der Waals surface area contributed by atoms with E-state index in [0.717, 1.165) is 38.5 Å². The maximum atomic E-state index is 12.5. The number of esters is 1. The SMILES string of the molecule is CCCCCCCCCCCCCCCCCCCCCC(=O)OCCCCCCCCCCCC/C=C\CCCCCCCCCC(=O)NC(CO)C(O)CCCCCCCCCCCCCCCCCCCC. The standard InChI is InChI=1S/C69H135NO5/c1-3-5-7-9-11-13-15-17-19-21-26-31-35-39-43-47-51-55-59-63-69(74)75-64-60-56-52-48-44-40-36-32-28-25-23-24-27-30-34-38-42-46-50-54-58-62-68(73)70-66(65-71)67(72)61-57-53-49-45-41-37-33-29-22-20-18-16-14-12-10-8-6-4-2/h24,27,66-67,71-72H,3-23,25-26,28-65H2,1-2H3,(H,70,73)/b27-24-. The van der Waals surface area contributed by atoms with Gasteiger partial charge in [-0.2, -0.15) is 0 Å². The molecule has 3 N–H and O–H groups in total. The van der Waals surface area contributed by atoms with Crippen molar-refractivity contribution in [3.05, 3.63) is 12.2 Å². The summed E-state index contributed by atoms with van der Waals surface area (Å²) in [6.07, 6.45) is 79.6. The number of carbonyl (C=O) groups excluding carboxylic acids is 2. The van der Waals surface area contributed by atoms with E-state index in [1.807, 2.05) is 0 Å². The number of rotatable bonds is 65. The van der Waals surface area contributed by atoms with Gasteiger partial charge in [0.15, 0.2) is 0 Å². The van der Waals surface area contributed by atoms with E-state index in [9.17, 15) is 19.8 Å². The molecule has 0 aromatic heterocycles. The molecule has 0 spiro atoms. The van der Waals surface area contributed by atoms with Crippen molar-refractivity contribution in [1.29, 1.82) is 0 Å². The van der Waals surface area contributed by atoms with Crippen LogP contribution in [0.4, 0.5) is 0 Å². The highest BCUT2D eigenvalue weighted by Gasteiger charge is 2.20. The topological polar surface area (TPSA) is 95.9 Å². The Hall–Kier alpha value is -1.40. The van der Waals surface area contributed by atoms with Crippen LogP contribution in [0.3, 0.4) is 0 Å². The average Bonchev–Trinajstić information content (AvgIpc) is 3.41. The van der Waals surface area contributed by atoms with Crippen molar-refractivity contribution < 1.29 is 24.5 Å². The van der Waals surface area contributed by atoms with Gasteiger partial charge in [-0.1, -0.05) is 341 Å². The molecule has 0 aliphatic rings. The number of unbranched alkanes of at least 4 members (excludes halogenated alkanes) is 52. The minimum Gasteiger partial charge on any atom is -0.466 e. The molecular weight excluding hydrogens is 923 g/mol. The molecule has 0 saturated carbocycles. The molecule has 0 aliphatic heterocycles. The van der Waals surface area contributed by atoms with Crippen LogP contribution in [0.1, 0.15) is 393 Å². The minimum atomic E-state index is -0.669. The van der Waals surface area contributed by atoms with Crippen molar-refractivity contribution in [2.75, 3.05) is 13.2 Å². The summed E-state index contributed by atoms with van der Waals surface area (Å²) in [7, 11) is 0. The summed E-state index contributed by atoms with van der Waals surface area (Å²) < 4.78 is 5.51. The Balaban J connectivity index is 3.39. The van der Waals surface area contributed by atoms with E-state index in [1.54, 1.807) is 0 Å². The molecule has 0 bridgehead atoms. The van der Waals surface area contributed by atoms with Gasteiger partial charge in [-0.05, 0) is 51.4 Å². The first kappa shape index (κ1) is 73.6. The Morgan fingerprint density at radius 3 is 0.947 bits per heavy atom. The van der Waals surface area contributed by atoms with Crippen LogP contribution < -0.4 is 5.32 Å². The highest BCUT2D eigenvalue weighted by Crippen LogP contribution is 2.19. The molecule has 0 aromatic rings. The van der Waals surface area contributed by atoms with Crippen molar-refractivity contribution in [3.63, 3.8) is 0 Å². The number of carbonyl (C=O) groups is 2. The first-order chi connectivity index (χ1) is 37.0. The Bertz CT molecular complexity index is 1130. The van der Waals surface area contributed by atoms with E-state index in [2.05, 4.69) is 31.3 Å². The molecule has 2 unspecified atom stereocenters. The summed E-state index contributed by atoms with van der Waals surface area (Å²) in [5.74, 6) is -0.0246. The third kappa shape index (κ3) is 61.7. The number of nitrogens with one attached hydrogen (secondary N) is 1. The van der Waals surface area contributed by atoms with Gasteiger partial charge in [0, 0.05) is 12.8 Å². The van der Waals surface area contributed by atoms with Gasteiger partial charge in [-0.3, -0.25) is 9.59 Å². The van der Waals surface area contributed by atoms with Gasteiger partial charge in [-0.15, -0.1) is 0 Å². The highest BCUT2D eigenvalue weighted by atomic mass is 16.5. The Morgan fingerprint density at radius 1 is 0.360 bits per heavy atom. The fourth-order valence-corrected chi connectivity index (χ4v) is 11.1. The summed E-state index contributed by atoms with van der Waals surface area (Å²) in [6.45, 7) is 4.99. The lowest BCUT2D eigenvalue weighted by molar-refractivity contribution is -0.143. The number of aliphatic hydroxyl groups excluding tert-OH is 2. The second-order valence-corrected chi connectivity index (χ2v) is 23.9. The molecule has 2 atom stereocenters. The molecule has 6 heteroatoms. The summed E-state index contributed by atoms with van der Waals surface area (Å²) in [4.78, 5) is 24.6. The van der Waals surface area contributed by atoms with Crippen LogP contribution >= 0.6 is 0 Å². The predicted octanol–water partition coefficient (Wildman–Crippen LogP) is 22.0. The molecule has 0 rings (SSSR count). The zero-order valence-corrected chi connectivity index (χ0v) is 51.1. The van der Waals surface area contributed by atoms with Crippen molar-refractivity contribution in [3.8, 4) is 0 Å². The summed E-state index contributed by atoms with van der Waals surface area (Å²) in [5, 5.41) is 23.4. The van der Waals surface area contributed by atoms with Crippen LogP contribution in [0.5, 0.6) is 0 Å². The van der Waals surface area contributed by atoms with E-state index in [4.69, 9.17) is 4.74 Å². The van der Waals surface area contributed by atoms with Crippen LogP contribution in [0, 0.1) is 0 Å². The van der Waals surface area contributed by atoms with Crippen LogP contribution in [0.25, 0.3) is 0 Å². The Kier molecular flexibility index (Phi) is 63.9. The van der Waals surface area contributed by atoms with Gasteiger partial charge in [0.05, 0.1) is 25.4 Å². The molecule has 0 saturated heterocycles. The molecule has 446 valence electrons. The van der Waals surface area contributed by atoms with Gasteiger partial charge in [-0.25, -0.2) is 0 Å². The number of ether oxygens (including phenoxy) is 1. The molecule has 0 fully saturated rings. The lowest BCUT2D eigenvalue weighted by Crippen LogP contribution is -2.45. The fourth-order valence-electron chi connectivity index (χ4n) is 11.1. The Labute approximate surface area is 469 Å². The Morgan fingerprint density at radius 2 is 0.627 bits per heavy atom. The molecule has 6 nitrogen and oxygen atoms in total. The number of amides is 1. The van der Waals surface area contributed by atoms with Crippen molar-refractivity contribution in [1.82, 2.24) is 5.32 Å². The first-order valence-electron chi connectivity index (χ1n) is 34.4. The number of hydrogen-bond donors (Lipinski definition) is 3. The van der Waals surface area contributed by atoms with Crippen LogP contribution in [-0.4, -0.2) is 47.4 Å². The second kappa shape index (κ2) is 65.1. The molecular formula is C69H135NO5. The van der Waals surface area contributed by atoms with Gasteiger partial charge >= 0.3 is 5.97 Å². The second-order valence-electron chi connectivity index (χ2n) is 23.9. The van der Waals surface area contributed by atoms with Gasteiger partial charge in [0.2, 0.25) is 5.91 Å². The highest BCUT2D eigenvalue weighted by molar-refractivity contribution is 5.76. The largest absolute Gasteiger partial charge is 0.466 e. The number of aliphatic hydroxyl groups is 2. The van der Waals surface area contributed by atoms with Crippen LogP contribution in [0.2, 0.25) is 0 Å². The lowest BCUT2D eigenvalue weighted by Gasteiger charge is -2.22. The monoisotopic (exact) mass is 1060 g/mol. The van der Waals surface area contributed by atoms with E-state index in [-0.39, 0.29) is 18.5 Å². The molecule has 0 radical (unpaired) electrons. The molecule has 1 amide bonds. The molecule has 0 heterocycles. The predicted molar refractivity (Wildman–Crippen MR) is 329 cm³/mol. The number of allylic oxidation sites excluding steroid dienone is 2. The maximum absolute atomic E-state index is 12.5. The van der Waals surface area contributed by atoms with Gasteiger partial charge in [0.25, 0.3) is 0 Å². The zero-order chi connectivity index (χ0) is 54.3. The normalized spacial score (nSPS) is 12.5. The minimum absolute atomic E-state index is 0.0142. The van der Waals surface area contributed by atoms with Gasteiger partial charge in [0.1, 0.15) is 0 Å². The van der Waals surface area contributed by atoms with Crippen LogP contribution in [0.15, 0.2) is 12.2 Å². The van der Waals surface area contributed by atoms with Crippen molar-refractivity contribution in [2.24, 2.45) is 0 Å². The van der Waals surface area contributed by atoms with Crippen molar-refractivity contribution in [2.45, 2.75) is 405 Å². The molecule has 75 heavy (non-hydrogen) atoms. The average molecular weight is 1060 g/mol. The smallest absolute Gasteiger partial charge is 0.305 e. The lowest BCUT2D eigenvalue weighted by atomic mass is 10.0. The summed E-state index contributed by atoms with van der Waals surface area (Å²) in [6, 6.07) is -0.547. The van der Waals surface area contributed by atoms with E-state index < -0.39 is 12.1 Å². The van der Waals surface area contributed by atoms with Gasteiger partial charge < -0.3 is 20.3 Å². The third-order valence-electron chi connectivity index (χ3n) is 16.3. The summed E-state index contributed by atoms with van der Waals surface area (Å²) >= 11 is 0. The van der Waals surface area contributed by atoms with E-state index in [0.29, 0.717) is 25.9 Å². The van der Waals surface area contributed by atoms with E-state index in [1.165, 1.54) is 321 Å². The third-order valence-corrected chi connectivity index (χ3v) is 16.3. The quantitative estimate of drug-likeness (QED) is 0.0320. The summed E-state index contributed by atoms with van der Waals surface area (Å²) in [5.41, 5.74) is 0. The first-order valence-corrected chi connectivity index (χ1v) is 34.4. The maximum Gasteiger partial charge on any atom is 0.305 e.